The Balaban J connectivity index is 1.50. The van der Waals surface area contributed by atoms with Gasteiger partial charge in [0.05, 0.1) is 0 Å². The number of carbonyl (C=O) groups excluding carboxylic acids is 3. The zero-order chi connectivity index (χ0) is 31.8. The van der Waals surface area contributed by atoms with Crippen molar-refractivity contribution in [3.05, 3.63) is 157 Å². The van der Waals surface area contributed by atoms with Crippen molar-refractivity contribution >= 4 is 29.3 Å². The van der Waals surface area contributed by atoms with Gasteiger partial charge < -0.3 is 9.47 Å². The maximum Gasteiger partial charge on any atom is 0.371 e. The van der Waals surface area contributed by atoms with Crippen LogP contribution in [0.15, 0.2) is 140 Å². The van der Waals surface area contributed by atoms with Crippen LogP contribution in [0.5, 0.6) is 11.5 Å². The van der Waals surface area contributed by atoms with Crippen molar-refractivity contribution in [1.82, 2.24) is 0 Å². The lowest BCUT2D eigenvalue weighted by molar-refractivity contribution is -0.145. The van der Waals surface area contributed by atoms with Gasteiger partial charge in [-0.05, 0) is 72.5 Å². The monoisotopic (exact) mass is 612 g/mol. The van der Waals surface area contributed by atoms with Crippen LogP contribution in [0.4, 0.5) is 0 Å². The fourth-order valence-electron chi connectivity index (χ4n) is 4.83. The van der Waals surface area contributed by atoms with E-state index in [0.29, 0.717) is 33.9 Å². The van der Waals surface area contributed by atoms with E-state index >= 15 is 0 Å². The highest BCUT2D eigenvalue weighted by Gasteiger charge is 2.46. The Kier molecular flexibility index (Phi) is 9.76. The van der Waals surface area contributed by atoms with Gasteiger partial charge in [0.25, 0.3) is 4.93 Å². The van der Waals surface area contributed by atoms with Gasteiger partial charge in [-0.1, -0.05) is 109 Å². The van der Waals surface area contributed by atoms with E-state index < -0.39 is 10.9 Å². The second kappa shape index (κ2) is 14.1. The third-order valence-electron chi connectivity index (χ3n) is 7.21. The van der Waals surface area contributed by atoms with Crippen molar-refractivity contribution in [3.63, 3.8) is 0 Å². The molecule has 6 heteroatoms. The smallest absolute Gasteiger partial charge is 0.371 e. The molecule has 0 radical (unpaired) electrons. The number of hydrogen-bond acceptors (Lipinski definition) is 6. The first-order chi connectivity index (χ1) is 21.8. The van der Waals surface area contributed by atoms with Crippen molar-refractivity contribution in [3.8, 4) is 33.8 Å². The maximum atomic E-state index is 14.2. The second-order valence-electron chi connectivity index (χ2n) is 10.4. The number of benzene rings is 5. The van der Waals surface area contributed by atoms with Gasteiger partial charge in [0.2, 0.25) is 0 Å². The number of para-hydroxylation sites is 1. The Labute approximate surface area is 267 Å². The van der Waals surface area contributed by atoms with E-state index in [1.807, 2.05) is 91.0 Å². The standard InChI is InChI=1S/C39H32O5S/c1-4-24-45-39(44-37-14-6-5-7-15-37,35-20-16-29(17-21-35)33-12-8-10-31(25-33)27(2)40)38(42)43-36-22-18-30(19-23-36)34-13-9-11-32(26-34)28(3)41/h4-23,25-26H,1,24H2,2-3H3. The number of esters is 1. The fraction of sp³-hybridized carbons (Fsp3) is 0.103. The summed E-state index contributed by atoms with van der Waals surface area (Å²) in [6, 6.07) is 38.6. The van der Waals surface area contributed by atoms with E-state index in [4.69, 9.17) is 9.47 Å². The number of ketones is 2. The average molecular weight is 613 g/mol. The summed E-state index contributed by atoms with van der Waals surface area (Å²) in [6.07, 6.45) is 1.71. The predicted octanol–water partition coefficient (Wildman–Crippen LogP) is 9.18. The molecular formula is C39H32O5S. The Morgan fingerprint density at radius 3 is 1.69 bits per heavy atom. The van der Waals surface area contributed by atoms with Crippen LogP contribution in [0.3, 0.4) is 0 Å². The lowest BCUT2D eigenvalue weighted by Gasteiger charge is -2.32. The number of rotatable bonds is 12. The molecule has 224 valence electrons. The Hall–Kier alpha value is -5.20. The lowest BCUT2D eigenvalue weighted by Crippen LogP contribution is -2.42. The third kappa shape index (κ3) is 7.31. The van der Waals surface area contributed by atoms with Crippen LogP contribution in [-0.4, -0.2) is 23.3 Å². The average Bonchev–Trinajstić information content (AvgIpc) is 3.07. The predicted molar refractivity (Wildman–Crippen MR) is 181 cm³/mol. The first-order valence-corrected chi connectivity index (χ1v) is 15.4. The van der Waals surface area contributed by atoms with Crippen LogP contribution in [0, 0.1) is 0 Å². The first-order valence-electron chi connectivity index (χ1n) is 14.4. The van der Waals surface area contributed by atoms with Crippen molar-refractivity contribution in [2.45, 2.75) is 18.8 Å². The molecule has 0 spiro atoms. The Morgan fingerprint density at radius 2 is 1.18 bits per heavy atom. The second-order valence-corrected chi connectivity index (χ2v) is 11.6. The summed E-state index contributed by atoms with van der Waals surface area (Å²) >= 11 is 1.27. The van der Waals surface area contributed by atoms with Crippen molar-refractivity contribution in [2.24, 2.45) is 0 Å². The van der Waals surface area contributed by atoms with Gasteiger partial charge >= 0.3 is 5.97 Å². The lowest BCUT2D eigenvalue weighted by atomic mass is 9.99. The van der Waals surface area contributed by atoms with Crippen LogP contribution in [0.25, 0.3) is 22.3 Å². The van der Waals surface area contributed by atoms with E-state index in [9.17, 15) is 14.4 Å². The van der Waals surface area contributed by atoms with Crippen LogP contribution < -0.4 is 9.47 Å². The van der Waals surface area contributed by atoms with E-state index in [-0.39, 0.29) is 11.6 Å². The van der Waals surface area contributed by atoms with Crippen LogP contribution in [0.1, 0.15) is 40.1 Å². The molecule has 0 amide bonds. The molecule has 0 heterocycles. The van der Waals surface area contributed by atoms with Crippen LogP contribution in [0.2, 0.25) is 0 Å². The van der Waals surface area contributed by atoms with Gasteiger partial charge in [-0.25, -0.2) is 4.79 Å². The first kappa shape index (κ1) is 31.2. The summed E-state index contributed by atoms with van der Waals surface area (Å²) in [5.74, 6) is 0.650. The molecule has 0 saturated carbocycles. The van der Waals surface area contributed by atoms with Gasteiger partial charge in [-0.15, -0.1) is 6.58 Å². The molecule has 0 aliphatic heterocycles. The summed E-state index contributed by atoms with van der Waals surface area (Å²) < 4.78 is 12.5. The maximum absolute atomic E-state index is 14.2. The molecule has 5 aromatic carbocycles. The van der Waals surface area contributed by atoms with Crippen LogP contribution in [-0.2, 0) is 9.73 Å². The number of carbonyl (C=O) groups is 3. The SMILES string of the molecule is C=CCSC(Oc1ccccc1)(C(=O)Oc1ccc(-c2cccc(C(C)=O)c2)cc1)c1ccc(-c2cccc(C(C)=O)c2)cc1. The Morgan fingerprint density at radius 1 is 0.644 bits per heavy atom. The summed E-state index contributed by atoms with van der Waals surface area (Å²) in [5, 5.41) is 0. The quantitative estimate of drug-likeness (QED) is 0.0460. The molecular weight excluding hydrogens is 580 g/mol. The molecule has 0 saturated heterocycles. The molecule has 0 N–H and O–H groups in total. The molecule has 0 aliphatic carbocycles. The van der Waals surface area contributed by atoms with E-state index in [1.54, 1.807) is 49.4 Å². The number of thioether (sulfide) groups is 1. The third-order valence-corrected chi connectivity index (χ3v) is 8.51. The number of ether oxygens (including phenoxy) is 2. The zero-order valence-electron chi connectivity index (χ0n) is 25.1. The molecule has 45 heavy (non-hydrogen) atoms. The molecule has 1 unspecified atom stereocenters. The van der Waals surface area contributed by atoms with Crippen LogP contribution >= 0.6 is 11.8 Å². The largest absolute Gasteiger partial charge is 0.461 e. The van der Waals surface area contributed by atoms with E-state index in [1.165, 1.54) is 18.7 Å². The van der Waals surface area contributed by atoms with Gasteiger partial charge in [0.15, 0.2) is 11.6 Å². The summed E-state index contributed by atoms with van der Waals surface area (Å²) in [4.78, 5) is 36.5. The molecule has 0 bridgehead atoms. The summed E-state index contributed by atoms with van der Waals surface area (Å²) in [5.41, 5.74) is 5.39. The van der Waals surface area contributed by atoms with E-state index in [2.05, 4.69) is 6.58 Å². The molecule has 0 aliphatic rings. The summed E-state index contributed by atoms with van der Waals surface area (Å²) in [6.45, 7) is 6.94. The minimum Gasteiger partial charge on any atom is -0.461 e. The van der Waals surface area contributed by atoms with Gasteiger partial charge in [0, 0.05) is 22.4 Å². The van der Waals surface area contributed by atoms with Crippen molar-refractivity contribution in [2.75, 3.05) is 5.75 Å². The van der Waals surface area contributed by atoms with Gasteiger partial charge in [-0.3, -0.25) is 9.59 Å². The highest BCUT2D eigenvalue weighted by Crippen LogP contribution is 2.41. The molecule has 5 nitrogen and oxygen atoms in total. The molecule has 5 rings (SSSR count). The highest BCUT2D eigenvalue weighted by molar-refractivity contribution is 8.00. The summed E-state index contributed by atoms with van der Waals surface area (Å²) in [7, 11) is 0. The molecule has 5 aromatic rings. The molecule has 1 atom stereocenters. The minimum atomic E-state index is -1.57. The van der Waals surface area contributed by atoms with Gasteiger partial charge in [0.1, 0.15) is 11.5 Å². The zero-order valence-corrected chi connectivity index (χ0v) is 25.9. The molecule has 0 fully saturated rings. The van der Waals surface area contributed by atoms with Crippen molar-refractivity contribution in [1.29, 1.82) is 0 Å². The van der Waals surface area contributed by atoms with Crippen molar-refractivity contribution < 1.29 is 23.9 Å². The minimum absolute atomic E-state index is 0.00760. The van der Waals surface area contributed by atoms with E-state index in [0.717, 1.165) is 22.3 Å². The Bertz CT molecular complexity index is 1830. The number of hydrogen-bond donors (Lipinski definition) is 0. The topological polar surface area (TPSA) is 69.7 Å². The number of Topliss-reactive ketones (excluding diaryl/α,β-unsaturated/α-hetero) is 2. The molecule has 0 aromatic heterocycles. The highest BCUT2D eigenvalue weighted by atomic mass is 32.2. The normalized spacial score (nSPS) is 12.0. The van der Waals surface area contributed by atoms with Gasteiger partial charge in [-0.2, -0.15) is 0 Å². The fourth-order valence-corrected chi connectivity index (χ4v) is 5.80.